The van der Waals surface area contributed by atoms with Gasteiger partial charge in [0.25, 0.3) is 11.8 Å². The lowest BCUT2D eigenvalue weighted by atomic mass is 10.0. The number of aliphatic hydroxyl groups excluding tert-OH is 1. The fourth-order valence-electron chi connectivity index (χ4n) is 5.31. The number of pyridine rings is 1. The highest BCUT2D eigenvalue weighted by Gasteiger charge is 2.30. The number of carbonyl (C=O) groups excluding carboxylic acids is 5. The van der Waals surface area contributed by atoms with E-state index in [-0.39, 0.29) is 43.2 Å². The first kappa shape index (κ1) is 38.7. The molecule has 4 rings (SSSR count). The van der Waals surface area contributed by atoms with E-state index in [4.69, 9.17) is 9.47 Å². The van der Waals surface area contributed by atoms with E-state index in [0.717, 1.165) is 5.56 Å². The van der Waals surface area contributed by atoms with Crippen molar-refractivity contribution in [2.24, 2.45) is 5.92 Å². The molecule has 14 nitrogen and oxygen atoms in total. The average molecular weight is 683 g/mol. The Morgan fingerprint density at radius 1 is 0.939 bits per heavy atom. The van der Waals surface area contributed by atoms with Crippen LogP contribution in [0.2, 0.25) is 0 Å². The number of benzene rings is 1. The smallest absolute Gasteiger partial charge is 0.257 e. The summed E-state index contributed by atoms with van der Waals surface area (Å²) in [6.45, 7) is 6.36. The fraction of sp³-hybridized carbons (Fsp3) is 0.543. The van der Waals surface area contributed by atoms with Gasteiger partial charge in [0.1, 0.15) is 12.1 Å². The summed E-state index contributed by atoms with van der Waals surface area (Å²) in [6, 6.07) is 6.29. The van der Waals surface area contributed by atoms with Crippen LogP contribution in [-0.4, -0.2) is 103 Å². The third-order valence-electron chi connectivity index (χ3n) is 7.94. The first-order valence-electron chi connectivity index (χ1n) is 16.8. The summed E-state index contributed by atoms with van der Waals surface area (Å²) < 4.78 is 11.2. The predicted molar refractivity (Wildman–Crippen MR) is 182 cm³/mol. The second-order valence-corrected chi connectivity index (χ2v) is 12.5. The van der Waals surface area contributed by atoms with Gasteiger partial charge < -0.3 is 40.7 Å². The highest BCUT2D eigenvalue weighted by molar-refractivity contribution is 5.94. The standard InChI is InChI=1S/C35H50N6O8/c1-23(2)20-27-33(45)40-32(24(3)42)34(46)38-14-5-6-18-41(35(47)26-12-16-36-17-13-26)19-7-15-37-31(44)22-49-28-10-8-25(21-29(28)48-4)9-11-30(43)39-27/h8,10,12-13,16-17,21,23-24,27,32,42H,5-7,9,11,14-15,18-20,22H2,1-4H3,(H,37,44)(H,38,46)(H,39,43)(H,40,45)/t24-,27-,32+/m1/s1. The summed E-state index contributed by atoms with van der Waals surface area (Å²) in [6.07, 6.45) is 4.24. The molecule has 1 aromatic carbocycles. The summed E-state index contributed by atoms with van der Waals surface area (Å²) in [5.41, 5.74) is 1.27. The van der Waals surface area contributed by atoms with Crippen LogP contribution in [0.25, 0.3) is 0 Å². The number of hydrogen-bond acceptors (Lipinski definition) is 9. The van der Waals surface area contributed by atoms with Crippen LogP contribution in [0.1, 0.15) is 68.8 Å². The molecule has 0 radical (unpaired) electrons. The van der Waals surface area contributed by atoms with Gasteiger partial charge in [0, 0.05) is 50.6 Å². The van der Waals surface area contributed by atoms with Gasteiger partial charge in [0.15, 0.2) is 18.1 Å². The Hall–Kier alpha value is -4.72. The number of carbonyl (C=O) groups is 5. The maximum absolute atomic E-state index is 13.3. The monoisotopic (exact) mass is 682 g/mol. The minimum absolute atomic E-state index is 0.0547. The van der Waals surface area contributed by atoms with Gasteiger partial charge in [-0.3, -0.25) is 29.0 Å². The van der Waals surface area contributed by atoms with Crippen molar-refractivity contribution < 1.29 is 38.6 Å². The zero-order chi connectivity index (χ0) is 35.8. The molecule has 0 saturated carbocycles. The Balaban J connectivity index is 1.78. The summed E-state index contributed by atoms with van der Waals surface area (Å²) in [5.74, 6) is -1.16. The largest absolute Gasteiger partial charge is 0.493 e. The predicted octanol–water partition coefficient (Wildman–Crippen LogP) is 1.36. The van der Waals surface area contributed by atoms with Gasteiger partial charge in [-0.1, -0.05) is 19.9 Å². The van der Waals surface area contributed by atoms with Gasteiger partial charge in [-0.2, -0.15) is 0 Å². The summed E-state index contributed by atoms with van der Waals surface area (Å²) in [5, 5.41) is 21.4. The Morgan fingerprint density at radius 2 is 1.65 bits per heavy atom. The second kappa shape index (κ2) is 19.9. The molecular weight excluding hydrogens is 632 g/mol. The quantitative estimate of drug-likeness (QED) is 0.290. The molecular formula is C35H50N6O8. The van der Waals surface area contributed by atoms with E-state index in [2.05, 4.69) is 26.3 Å². The van der Waals surface area contributed by atoms with Crippen LogP contribution in [0.5, 0.6) is 11.5 Å². The lowest BCUT2D eigenvalue weighted by Crippen LogP contribution is -2.57. The lowest BCUT2D eigenvalue weighted by Gasteiger charge is -2.26. The Morgan fingerprint density at radius 3 is 2.35 bits per heavy atom. The van der Waals surface area contributed by atoms with Crippen LogP contribution in [-0.2, 0) is 25.6 Å². The van der Waals surface area contributed by atoms with Crippen molar-refractivity contribution in [3.05, 3.63) is 53.9 Å². The van der Waals surface area contributed by atoms with Gasteiger partial charge in [-0.05, 0) is 74.8 Å². The number of hydrogen-bond donors (Lipinski definition) is 5. The van der Waals surface area contributed by atoms with Crippen molar-refractivity contribution in [3.8, 4) is 11.5 Å². The third-order valence-corrected chi connectivity index (χ3v) is 7.94. The number of aryl methyl sites for hydroxylation is 1. The molecule has 5 N–H and O–H groups in total. The zero-order valence-electron chi connectivity index (χ0n) is 28.8. The normalized spacial score (nSPS) is 20.3. The molecule has 0 spiro atoms. The van der Waals surface area contributed by atoms with Crippen molar-refractivity contribution in [1.82, 2.24) is 31.2 Å². The molecule has 0 fully saturated rings. The lowest BCUT2D eigenvalue weighted by molar-refractivity contribution is -0.134. The molecule has 0 unspecified atom stereocenters. The van der Waals surface area contributed by atoms with E-state index in [0.29, 0.717) is 68.8 Å². The summed E-state index contributed by atoms with van der Waals surface area (Å²) in [7, 11) is 1.48. The maximum atomic E-state index is 13.3. The molecule has 3 atom stereocenters. The number of methoxy groups -OCH3 is 1. The number of amides is 5. The van der Waals surface area contributed by atoms with Gasteiger partial charge in [-0.25, -0.2) is 0 Å². The molecule has 2 aromatic rings. The maximum Gasteiger partial charge on any atom is 0.257 e. The number of fused-ring (bicyclic) bond motifs is 23. The van der Waals surface area contributed by atoms with Gasteiger partial charge in [0.05, 0.1) is 13.2 Å². The van der Waals surface area contributed by atoms with Crippen LogP contribution in [0.4, 0.5) is 0 Å². The van der Waals surface area contributed by atoms with Crippen LogP contribution in [0.3, 0.4) is 0 Å². The van der Waals surface area contributed by atoms with Crippen molar-refractivity contribution in [2.75, 3.05) is 39.9 Å². The average Bonchev–Trinajstić information content (AvgIpc) is 3.08. The SMILES string of the molecule is COc1cc2ccc1OCC(=O)NCCCN(C(=O)c1ccncc1)CCCCNC(=O)[C@H]([C@@H](C)O)NC(=O)[C@@H](CC(C)C)NC(=O)CC2. The van der Waals surface area contributed by atoms with Crippen molar-refractivity contribution >= 4 is 29.5 Å². The summed E-state index contributed by atoms with van der Waals surface area (Å²) >= 11 is 0. The van der Waals surface area contributed by atoms with Gasteiger partial charge >= 0.3 is 0 Å². The number of ether oxygens (including phenoxy) is 2. The van der Waals surface area contributed by atoms with Crippen molar-refractivity contribution in [2.45, 2.75) is 77.5 Å². The number of rotatable bonds is 5. The van der Waals surface area contributed by atoms with Crippen LogP contribution >= 0.6 is 0 Å². The molecule has 268 valence electrons. The molecule has 2 aliphatic heterocycles. The molecule has 1 aromatic heterocycles. The van der Waals surface area contributed by atoms with Crippen LogP contribution < -0.4 is 30.7 Å². The minimum atomic E-state index is -1.23. The molecule has 2 bridgehead atoms. The van der Waals surface area contributed by atoms with E-state index in [9.17, 15) is 29.1 Å². The van der Waals surface area contributed by atoms with Gasteiger partial charge in [-0.15, -0.1) is 0 Å². The molecule has 2 aliphatic rings. The van der Waals surface area contributed by atoms with E-state index in [1.807, 2.05) is 13.8 Å². The Kier molecular flexibility index (Phi) is 15.8. The molecule has 3 heterocycles. The number of aromatic nitrogens is 1. The number of nitrogens with zero attached hydrogens (tertiary/aromatic N) is 2. The van der Waals surface area contributed by atoms with Gasteiger partial charge in [0.2, 0.25) is 17.7 Å². The zero-order valence-corrected chi connectivity index (χ0v) is 28.8. The highest BCUT2D eigenvalue weighted by atomic mass is 16.5. The van der Waals surface area contributed by atoms with Crippen molar-refractivity contribution in [1.29, 1.82) is 0 Å². The second-order valence-electron chi connectivity index (χ2n) is 12.5. The fourth-order valence-corrected chi connectivity index (χ4v) is 5.31. The molecule has 5 amide bonds. The van der Waals surface area contributed by atoms with E-state index in [1.54, 1.807) is 47.6 Å². The molecule has 0 saturated heterocycles. The van der Waals surface area contributed by atoms with E-state index >= 15 is 0 Å². The van der Waals surface area contributed by atoms with Crippen LogP contribution in [0, 0.1) is 5.92 Å². The molecule has 49 heavy (non-hydrogen) atoms. The molecule has 0 aliphatic carbocycles. The summed E-state index contributed by atoms with van der Waals surface area (Å²) in [4.78, 5) is 70.8. The number of nitrogens with one attached hydrogen (secondary N) is 4. The topological polar surface area (TPSA) is 188 Å². The third kappa shape index (κ3) is 13.0. The Labute approximate surface area is 287 Å². The molecule has 14 heteroatoms. The highest BCUT2D eigenvalue weighted by Crippen LogP contribution is 2.28. The Bertz CT molecular complexity index is 1400. The minimum Gasteiger partial charge on any atom is -0.493 e. The van der Waals surface area contributed by atoms with Crippen molar-refractivity contribution in [3.63, 3.8) is 0 Å². The first-order chi connectivity index (χ1) is 23.5. The first-order valence-corrected chi connectivity index (χ1v) is 16.8. The van der Waals surface area contributed by atoms with Crippen LogP contribution in [0.15, 0.2) is 42.7 Å². The van der Waals surface area contributed by atoms with E-state index in [1.165, 1.54) is 14.0 Å². The van der Waals surface area contributed by atoms with E-state index < -0.39 is 30.0 Å². The number of aliphatic hydroxyl groups is 1.